The molecule has 0 saturated carbocycles. The number of hydrogen-bond donors (Lipinski definition) is 1. The number of benzene rings is 1. The SMILES string of the molecule is Nc1cc2n(c(=O)c1)Cc1cc3ccccc3nc1-2. The Morgan fingerprint density at radius 1 is 1.16 bits per heavy atom. The van der Waals surface area contributed by atoms with Gasteiger partial charge in [0, 0.05) is 22.7 Å². The van der Waals surface area contributed by atoms with Crippen molar-refractivity contribution in [3.05, 3.63) is 58.4 Å². The van der Waals surface area contributed by atoms with Crippen molar-refractivity contribution in [1.82, 2.24) is 9.55 Å². The Kier molecular flexibility index (Phi) is 1.87. The molecule has 0 unspecified atom stereocenters. The lowest BCUT2D eigenvalue weighted by Gasteiger charge is -2.03. The molecule has 1 aliphatic rings. The highest BCUT2D eigenvalue weighted by atomic mass is 16.1. The number of anilines is 1. The van der Waals surface area contributed by atoms with Gasteiger partial charge >= 0.3 is 0 Å². The molecule has 0 atom stereocenters. The molecule has 4 rings (SSSR count). The van der Waals surface area contributed by atoms with Crippen LogP contribution in [0.1, 0.15) is 5.56 Å². The second kappa shape index (κ2) is 3.45. The third-order valence-corrected chi connectivity index (χ3v) is 3.52. The highest BCUT2D eigenvalue weighted by Gasteiger charge is 2.21. The van der Waals surface area contributed by atoms with E-state index in [2.05, 4.69) is 11.1 Å². The largest absolute Gasteiger partial charge is 0.399 e. The second-order valence-electron chi connectivity index (χ2n) is 4.79. The van der Waals surface area contributed by atoms with Gasteiger partial charge < -0.3 is 10.3 Å². The van der Waals surface area contributed by atoms with E-state index in [9.17, 15) is 4.79 Å². The van der Waals surface area contributed by atoms with Gasteiger partial charge in [0.2, 0.25) is 0 Å². The number of hydrogen-bond acceptors (Lipinski definition) is 3. The maximum absolute atomic E-state index is 11.9. The topological polar surface area (TPSA) is 60.9 Å². The van der Waals surface area contributed by atoms with Crippen LogP contribution in [0.5, 0.6) is 0 Å². The van der Waals surface area contributed by atoms with Crippen molar-refractivity contribution in [3.63, 3.8) is 0 Å². The minimum atomic E-state index is -0.0722. The monoisotopic (exact) mass is 249 g/mol. The maximum atomic E-state index is 11.9. The summed E-state index contributed by atoms with van der Waals surface area (Å²) < 4.78 is 1.72. The van der Waals surface area contributed by atoms with Crippen LogP contribution in [0.25, 0.3) is 22.3 Å². The van der Waals surface area contributed by atoms with Gasteiger partial charge in [0.25, 0.3) is 5.56 Å². The van der Waals surface area contributed by atoms with Gasteiger partial charge in [-0.1, -0.05) is 18.2 Å². The molecule has 0 amide bonds. The van der Waals surface area contributed by atoms with Crippen LogP contribution in [0.3, 0.4) is 0 Å². The van der Waals surface area contributed by atoms with Gasteiger partial charge in [0.05, 0.1) is 23.4 Å². The zero-order valence-electron chi connectivity index (χ0n) is 10.1. The van der Waals surface area contributed by atoms with Gasteiger partial charge in [-0.3, -0.25) is 4.79 Å². The van der Waals surface area contributed by atoms with E-state index < -0.39 is 0 Å². The van der Waals surface area contributed by atoms with Crippen LogP contribution in [0.4, 0.5) is 5.69 Å². The van der Waals surface area contributed by atoms with Crippen molar-refractivity contribution >= 4 is 16.6 Å². The zero-order chi connectivity index (χ0) is 13.0. The first-order chi connectivity index (χ1) is 9.22. The Hall–Kier alpha value is -2.62. The molecule has 0 fully saturated rings. The fraction of sp³-hybridized carbons (Fsp3) is 0.0667. The van der Waals surface area contributed by atoms with E-state index in [1.165, 1.54) is 6.07 Å². The van der Waals surface area contributed by atoms with Crippen LogP contribution in [-0.2, 0) is 6.54 Å². The summed E-state index contributed by atoms with van der Waals surface area (Å²) in [6, 6.07) is 13.3. The third-order valence-electron chi connectivity index (χ3n) is 3.52. The van der Waals surface area contributed by atoms with E-state index in [4.69, 9.17) is 5.73 Å². The van der Waals surface area contributed by atoms with Crippen LogP contribution in [0.2, 0.25) is 0 Å². The Morgan fingerprint density at radius 2 is 2.00 bits per heavy atom. The Balaban J connectivity index is 2.09. The van der Waals surface area contributed by atoms with E-state index in [1.54, 1.807) is 4.57 Å². The molecule has 1 aliphatic heterocycles. The highest BCUT2D eigenvalue weighted by Crippen LogP contribution is 2.31. The maximum Gasteiger partial charge on any atom is 0.253 e. The first-order valence-electron chi connectivity index (χ1n) is 6.12. The first-order valence-corrected chi connectivity index (χ1v) is 6.12. The molecule has 0 bridgehead atoms. The molecule has 0 radical (unpaired) electrons. The summed E-state index contributed by atoms with van der Waals surface area (Å²) in [6.45, 7) is 0.571. The van der Waals surface area contributed by atoms with Crippen LogP contribution in [-0.4, -0.2) is 9.55 Å². The van der Waals surface area contributed by atoms with Gasteiger partial charge in [-0.2, -0.15) is 0 Å². The summed E-state index contributed by atoms with van der Waals surface area (Å²) in [5, 5.41) is 1.09. The lowest BCUT2D eigenvalue weighted by atomic mass is 10.1. The van der Waals surface area contributed by atoms with Crippen molar-refractivity contribution in [3.8, 4) is 11.4 Å². The number of aromatic nitrogens is 2. The zero-order valence-corrected chi connectivity index (χ0v) is 10.1. The smallest absolute Gasteiger partial charge is 0.253 e. The number of nitrogens with two attached hydrogens (primary N) is 1. The molecule has 1 aromatic carbocycles. The lowest BCUT2D eigenvalue weighted by Crippen LogP contribution is -2.18. The van der Waals surface area contributed by atoms with Gasteiger partial charge in [0.15, 0.2) is 0 Å². The summed E-state index contributed by atoms with van der Waals surface area (Å²) in [5.41, 5.74) is 9.85. The minimum absolute atomic E-state index is 0.0722. The summed E-state index contributed by atoms with van der Waals surface area (Å²) in [6.07, 6.45) is 0. The molecule has 0 saturated heterocycles. The molecule has 3 aromatic rings. The van der Waals surface area contributed by atoms with Crippen molar-refractivity contribution in [2.75, 3.05) is 5.73 Å². The number of pyridine rings is 2. The van der Waals surface area contributed by atoms with Crippen molar-refractivity contribution in [2.24, 2.45) is 0 Å². The van der Waals surface area contributed by atoms with E-state index in [0.29, 0.717) is 12.2 Å². The van der Waals surface area contributed by atoms with E-state index in [0.717, 1.165) is 27.9 Å². The van der Waals surface area contributed by atoms with E-state index in [1.807, 2.05) is 30.3 Å². The van der Waals surface area contributed by atoms with Crippen LogP contribution >= 0.6 is 0 Å². The van der Waals surface area contributed by atoms with E-state index in [-0.39, 0.29) is 5.56 Å². The number of para-hydroxylation sites is 1. The first kappa shape index (κ1) is 10.3. The Morgan fingerprint density at radius 3 is 2.89 bits per heavy atom. The Bertz CT molecular complexity index is 880. The van der Waals surface area contributed by atoms with E-state index >= 15 is 0 Å². The molecule has 92 valence electrons. The molecular formula is C15H11N3O. The molecule has 2 N–H and O–H groups in total. The number of rotatable bonds is 0. The molecular weight excluding hydrogens is 238 g/mol. The second-order valence-corrected chi connectivity index (χ2v) is 4.79. The molecule has 0 spiro atoms. The van der Waals surface area contributed by atoms with Crippen LogP contribution in [0.15, 0.2) is 47.3 Å². The Labute approximate surface area is 109 Å². The average Bonchev–Trinajstić information content (AvgIpc) is 2.74. The standard InChI is InChI=1S/C15H11N3O/c16-11-6-13-15-10(8-18(13)14(19)7-11)5-9-3-1-2-4-12(9)17-15/h1-7H,8,16H2. The predicted octanol–water partition coefficient (Wildman–Crippen LogP) is 2.01. The lowest BCUT2D eigenvalue weighted by molar-refractivity contribution is 0.805. The fourth-order valence-electron chi connectivity index (χ4n) is 2.65. The number of fused-ring (bicyclic) bond motifs is 4. The van der Waals surface area contributed by atoms with Gasteiger partial charge in [-0.15, -0.1) is 0 Å². The summed E-state index contributed by atoms with van der Waals surface area (Å²) >= 11 is 0. The normalized spacial score (nSPS) is 12.4. The quantitative estimate of drug-likeness (QED) is 0.518. The van der Waals surface area contributed by atoms with Crippen molar-refractivity contribution in [2.45, 2.75) is 6.54 Å². The molecule has 3 heterocycles. The average molecular weight is 249 g/mol. The van der Waals surface area contributed by atoms with Gasteiger partial charge in [-0.25, -0.2) is 4.98 Å². The van der Waals surface area contributed by atoms with Crippen molar-refractivity contribution in [1.29, 1.82) is 0 Å². The molecule has 0 aliphatic carbocycles. The summed E-state index contributed by atoms with van der Waals surface area (Å²) in [5.74, 6) is 0. The van der Waals surface area contributed by atoms with Crippen molar-refractivity contribution < 1.29 is 0 Å². The number of nitrogens with zero attached hydrogens (tertiary/aromatic N) is 2. The molecule has 2 aromatic heterocycles. The fourth-order valence-corrected chi connectivity index (χ4v) is 2.65. The number of nitrogen functional groups attached to an aromatic ring is 1. The predicted molar refractivity (Wildman–Crippen MR) is 75.0 cm³/mol. The summed E-state index contributed by atoms with van der Waals surface area (Å²) in [4.78, 5) is 16.6. The van der Waals surface area contributed by atoms with Gasteiger partial charge in [0.1, 0.15) is 0 Å². The van der Waals surface area contributed by atoms with Crippen LogP contribution in [0, 0.1) is 0 Å². The molecule has 4 heteroatoms. The van der Waals surface area contributed by atoms with Gasteiger partial charge in [-0.05, 0) is 18.2 Å². The summed E-state index contributed by atoms with van der Waals surface area (Å²) in [7, 11) is 0. The molecule has 19 heavy (non-hydrogen) atoms. The highest BCUT2D eigenvalue weighted by molar-refractivity contribution is 5.84. The third kappa shape index (κ3) is 1.40. The molecule has 4 nitrogen and oxygen atoms in total. The van der Waals surface area contributed by atoms with Crippen LogP contribution < -0.4 is 11.3 Å². The minimum Gasteiger partial charge on any atom is -0.399 e.